The highest BCUT2D eigenvalue weighted by Gasteiger charge is 2.02. The van der Waals surface area contributed by atoms with Crippen LogP contribution in [-0.2, 0) is 0 Å². The lowest BCUT2D eigenvalue weighted by atomic mass is 10.1. The number of oxazole rings is 1. The van der Waals surface area contributed by atoms with E-state index in [2.05, 4.69) is 18.1 Å². The third-order valence-corrected chi connectivity index (χ3v) is 1.57. The van der Waals surface area contributed by atoms with E-state index in [-0.39, 0.29) is 0 Å². The van der Waals surface area contributed by atoms with Crippen molar-refractivity contribution < 1.29 is 4.42 Å². The third kappa shape index (κ3) is 1.72. The Morgan fingerprint density at radius 3 is 2.92 bits per heavy atom. The van der Waals surface area contributed by atoms with Crippen molar-refractivity contribution in [3.8, 4) is 0 Å². The van der Waals surface area contributed by atoms with E-state index in [1.54, 1.807) is 12.3 Å². The number of allylic oxidation sites excluding steroid dienone is 4. The normalized spacial score (nSPS) is 11.2. The van der Waals surface area contributed by atoms with Gasteiger partial charge in [0.2, 0.25) is 0 Å². The average molecular weight is 161 g/mol. The van der Waals surface area contributed by atoms with Crippen LogP contribution >= 0.6 is 0 Å². The summed E-state index contributed by atoms with van der Waals surface area (Å²) in [6.07, 6.45) is 6.63. The van der Waals surface area contributed by atoms with Crippen LogP contribution in [0.2, 0.25) is 0 Å². The minimum Gasteiger partial charge on any atom is -0.444 e. The first-order chi connectivity index (χ1) is 5.75. The van der Waals surface area contributed by atoms with Crippen molar-refractivity contribution >= 4 is 5.57 Å². The van der Waals surface area contributed by atoms with Gasteiger partial charge in [-0.2, -0.15) is 0 Å². The molecule has 0 unspecified atom stereocenters. The molecule has 0 aliphatic heterocycles. The quantitative estimate of drug-likeness (QED) is 0.637. The average Bonchev–Trinajstić information content (AvgIpc) is 2.55. The molecule has 12 heavy (non-hydrogen) atoms. The fourth-order valence-corrected chi connectivity index (χ4v) is 0.837. The Morgan fingerprint density at radius 2 is 2.42 bits per heavy atom. The second kappa shape index (κ2) is 3.72. The summed E-state index contributed by atoms with van der Waals surface area (Å²) in [5.41, 5.74) is 1.87. The van der Waals surface area contributed by atoms with Gasteiger partial charge in [0.25, 0.3) is 0 Å². The molecule has 0 saturated heterocycles. The van der Waals surface area contributed by atoms with Crippen molar-refractivity contribution in [2.24, 2.45) is 0 Å². The fraction of sp³-hybridized carbons (Fsp3) is 0.100. The first kappa shape index (κ1) is 8.53. The van der Waals surface area contributed by atoms with Crippen molar-refractivity contribution in [2.45, 2.75) is 6.92 Å². The second-order valence-corrected chi connectivity index (χ2v) is 2.43. The number of hydrogen-bond donors (Lipinski definition) is 0. The second-order valence-electron chi connectivity index (χ2n) is 2.43. The van der Waals surface area contributed by atoms with E-state index in [9.17, 15) is 0 Å². The van der Waals surface area contributed by atoms with E-state index in [0.717, 1.165) is 11.1 Å². The van der Waals surface area contributed by atoms with E-state index in [1.807, 2.05) is 13.0 Å². The van der Waals surface area contributed by atoms with Crippen molar-refractivity contribution in [2.75, 3.05) is 0 Å². The number of hydrogen-bond acceptors (Lipinski definition) is 2. The van der Waals surface area contributed by atoms with Crippen LogP contribution in [0, 0.1) is 0 Å². The summed E-state index contributed by atoms with van der Waals surface area (Å²) in [7, 11) is 0. The lowest BCUT2D eigenvalue weighted by molar-refractivity contribution is 0.545. The van der Waals surface area contributed by atoms with Crippen molar-refractivity contribution in [3.05, 3.63) is 49.2 Å². The van der Waals surface area contributed by atoms with Gasteiger partial charge < -0.3 is 4.42 Å². The van der Waals surface area contributed by atoms with Crippen molar-refractivity contribution in [1.29, 1.82) is 0 Å². The predicted octanol–water partition coefficient (Wildman–Crippen LogP) is 2.82. The molecule has 2 nitrogen and oxygen atoms in total. The Morgan fingerprint density at radius 1 is 1.67 bits per heavy atom. The lowest BCUT2D eigenvalue weighted by Crippen LogP contribution is -1.80. The van der Waals surface area contributed by atoms with E-state index in [1.165, 1.54) is 6.39 Å². The van der Waals surface area contributed by atoms with Crippen molar-refractivity contribution in [1.82, 2.24) is 4.98 Å². The summed E-state index contributed by atoms with van der Waals surface area (Å²) in [6, 6.07) is 0. The van der Waals surface area contributed by atoms with Gasteiger partial charge in [-0.25, -0.2) is 4.98 Å². The Balaban J connectivity index is 2.86. The molecule has 0 aromatic carbocycles. The number of rotatable bonds is 3. The summed E-state index contributed by atoms with van der Waals surface area (Å²) in [4.78, 5) is 3.81. The largest absolute Gasteiger partial charge is 0.444 e. The molecule has 1 heterocycles. The molecule has 0 aliphatic rings. The van der Waals surface area contributed by atoms with Crippen LogP contribution in [0.1, 0.15) is 12.7 Å². The van der Waals surface area contributed by atoms with E-state index < -0.39 is 0 Å². The van der Waals surface area contributed by atoms with E-state index in [4.69, 9.17) is 4.42 Å². The summed E-state index contributed by atoms with van der Waals surface area (Å²) in [5.74, 6) is 0.700. The summed E-state index contributed by atoms with van der Waals surface area (Å²) >= 11 is 0. The molecule has 0 amide bonds. The maximum Gasteiger partial charge on any atom is 0.181 e. The molecule has 1 rings (SSSR count). The van der Waals surface area contributed by atoms with Crippen LogP contribution in [-0.4, -0.2) is 4.98 Å². The first-order valence-corrected chi connectivity index (χ1v) is 3.63. The number of nitrogens with zero attached hydrogens (tertiary/aromatic N) is 1. The molecule has 0 fully saturated rings. The van der Waals surface area contributed by atoms with Crippen molar-refractivity contribution in [3.63, 3.8) is 0 Å². The van der Waals surface area contributed by atoms with Gasteiger partial charge in [-0.1, -0.05) is 25.3 Å². The smallest absolute Gasteiger partial charge is 0.181 e. The van der Waals surface area contributed by atoms with Crippen LogP contribution in [0.5, 0.6) is 0 Å². The summed E-state index contributed by atoms with van der Waals surface area (Å²) in [6.45, 7) is 9.42. The molecule has 2 heteroatoms. The maximum absolute atomic E-state index is 5.08. The zero-order valence-corrected chi connectivity index (χ0v) is 7.08. The molecule has 0 aliphatic carbocycles. The maximum atomic E-state index is 5.08. The van der Waals surface area contributed by atoms with Crippen LogP contribution in [0.4, 0.5) is 0 Å². The molecule has 62 valence electrons. The van der Waals surface area contributed by atoms with Gasteiger partial charge in [-0.3, -0.25) is 0 Å². The van der Waals surface area contributed by atoms with Crippen LogP contribution < -0.4 is 0 Å². The standard InChI is InChI=1S/C10H11NO/c1-4-5-8(2)9(3)10-6-11-7-12-10/h4-7H,1,3H2,2H3/b8-5-. The fourth-order valence-electron chi connectivity index (χ4n) is 0.837. The van der Waals surface area contributed by atoms with E-state index in [0.29, 0.717) is 5.76 Å². The molecular weight excluding hydrogens is 150 g/mol. The third-order valence-electron chi connectivity index (χ3n) is 1.57. The topological polar surface area (TPSA) is 26.0 Å². The first-order valence-electron chi connectivity index (χ1n) is 3.63. The van der Waals surface area contributed by atoms with Crippen LogP contribution in [0.15, 0.2) is 47.9 Å². The summed E-state index contributed by atoms with van der Waals surface area (Å²) in [5, 5.41) is 0. The summed E-state index contributed by atoms with van der Waals surface area (Å²) < 4.78 is 5.08. The minimum atomic E-state index is 0.700. The Bertz CT molecular complexity index is 307. The van der Waals surface area contributed by atoms with Crippen LogP contribution in [0.3, 0.4) is 0 Å². The van der Waals surface area contributed by atoms with E-state index >= 15 is 0 Å². The molecule has 1 aromatic rings. The molecular formula is C10H11NO. The van der Waals surface area contributed by atoms with Gasteiger partial charge in [-0.05, 0) is 12.5 Å². The van der Waals surface area contributed by atoms with Gasteiger partial charge in [0, 0.05) is 5.57 Å². The Labute approximate surface area is 71.9 Å². The molecule has 0 atom stereocenters. The Kier molecular flexibility index (Phi) is 2.64. The highest BCUT2D eigenvalue weighted by Crippen LogP contribution is 2.19. The highest BCUT2D eigenvalue weighted by atomic mass is 16.3. The Hall–Kier alpha value is -1.57. The lowest BCUT2D eigenvalue weighted by Gasteiger charge is -1.99. The minimum absolute atomic E-state index is 0.700. The zero-order valence-electron chi connectivity index (χ0n) is 7.08. The molecule has 0 N–H and O–H groups in total. The van der Waals surface area contributed by atoms with Gasteiger partial charge in [-0.15, -0.1) is 0 Å². The molecule has 0 saturated carbocycles. The highest BCUT2D eigenvalue weighted by molar-refractivity contribution is 5.73. The monoisotopic (exact) mass is 161 g/mol. The molecule has 0 bridgehead atoms. The number of aromatic nitrogens is 1. The SMILES string of the molecule is C=C/C=C(/C)C(=C)c1cnco1. The predicted molar refractivity (Wildman–Crippen MR) is 49.5 cm³/mol. The molecule has 0 spiro atoms. The van der Waals surface area contributed by atoms with Gasteiger partial charge in [0.15, 0.2) is 12.2 Å². The van der Waals surface area contributed by atoms with Gasteiger partial charge in [0.05, 0.1) is 6.20 Å². The van der Waals surface area contributed by atoms with Crippen LogP contribution in [0.25, 0.3) is 5.57 Å². The van der Waals surface area contributed by atoms with Gasteiger partial charge in [0.1, 0.15) is 0 Å². The van der Waals surface area contributed by atoms with Gasteiger partial charge >= 0.3 is 0 Å². The molecule has 0 radical (unpaired) electrons. The molecule has 1 aromatic heterocycles. The zero-order chi connectivity index (χ0) is 8.97.